The summed E-state index contributed by atoms with van der Waals surface area (Å²) in [4.78, 5) is 24.6. The van der Waals surface area contributed by atoms with Crippen LogP contribution in [-0.2, 0) is 14.3 Å². The monoisotopic (exact) mass is 976 g/mol. The Labute approximate surface area is 432 Å². The normalized spacial score (nSPS) is 12.5. The molecule has 2 unspecified atom stereocenters. The molecule has 0 radical (unpaired) electrons. The summed E-state index contributed by atoms with van der Waals surface area (Å²) in [6.07, 6.45) is 69.6. The summed E-state index contributed by atoms with van der Waals surface area (Å²) in [5.41, 5.74) is 0. The Kier molecular flexibility index (Phi) is 58.4. The van der Waals surface area contributed by atoms with Crippen LogP contribution < -0.4 is 5.32 Å². The highest BCUT2D eigenvalue weighted by Gasteiger charge is 2.20. The predicted molar refractivity (Wildman–Crippen MR) is 301 cm³/mol. The quantitative estimate of drug-likeness (QED) is 0.0417. The van der Waals surface area contributed by atoms with Crippen molar-refractivity contribution in [2.24, 2.45) is 0 Å². The minimum absolute atomic E-state index is 0.00617. The highest BCUT2D eigenvalue weighted by atomic mass is 16.5. The van der Waals surface area contributed by atoms with Crippen molar-refractivity contribution in [1.29, 1.82) is 0 Å². The number of esters is 1. The minimum Gasteiger partial charge on any atom is -0.466 e. The Morgan fingerprint density at radius 2 is 0.594 bits per heavy atom. The van der Waals surface area contributed by atoms with Crippen molar-refractivity contribution in [2.45, 2.75) is 379 Å². The summed E-state index contributed by atoms with van der Waals surface area (Å²) in [7, 11) is 0. The van der Waals surface area contributed by atoms with E-state index in [1.54, 1.807) is 0 Å². The average Bonchev–Trinajstić information content (AvgIpc) is 3.35. The van der Waals surface area contributed by atoms with Gasteiger partial charge in [0.1, 0.15) is 0 Å². The average molecular weight is 977 g/mol. The first-order chi connectivity index (χ1) is 34.0. The predicted octanol–water partition coefficient (Wildman–Crippen LogP) is 19.9. The zero-order valence-corrected chi connectivity index (χ0v) is 47.1. The smallest absolute Gasteiger partial charge is 0.305 e. The molecular formula is C63H125NO5. The van der Waals surface area contributed by atoms with E-state index in [1.165, 1.54) is 289 Å². The third kappa shape index (κ3) is 56.0. The van der Waals surface area contributed by atoms with Gasteiger partial charge in [-0.2, -0.15) is 0 Å². The van der Waals surface area contributed by atoms with Crippen LogP contribution in [0.25, 0.3) is 0 Å². The zero-order valence-electron chi connectivity index (χ0n) is 47.1. The molecule has 0 saturated carbocycles. The second-order valence-corrected chi connectivity index (χ2v) is 22.1. The van der Waals surface area contributed by atoms with E-state index < -0.39 is 12.1 Å². The lowest BCUT2D eigenvalue weighted by Gasteiger charge is -2.22. The van der Waals surface area contributed by atoms with Gasteiger partial charge in [0, 0.05) is 12.8 Å². The van der Waals surface area contributed by atoms with Crippen LogP contribution in [0.1, 0.15) is 367 Å². The summed E-state index contributed by atoms with van der Waals surface area (Å²) >= 11 is 0. The molecule has 0 heterocycles. The molecule has 69 heavy (non-hydrogen) atoms. The SMILES string of the molecule is CCCCCCCCCCCCCCCCCCCCCCC(O)C(CO)NC(=O)CCCCCCCCCCCCCCCCCOC(=O)CCCCCCCCCCCCCCCCCCC. The molecule has 0 fully saturated rings. The van der Waals surface area contributed by atoms with E-state index in [-0.39, 0.29) is 18.5 Å². The molecule has 6 nitrogen and oxygen atoms in total. The van der Waals surface area contributed by atoms with Gasteiger partial charge in [-0.15, -0.1) is 0 Å². The number of aliphatic hydroxyl groups is 2. The molecule has 1 amide bonds. The Bertz CT molecular complexity index is 990. The van der Waals surface area contributed by atoms with Gasteiger partial charge in [-0.1, -0.05) is 328 Å². The number of amides is 1. The molecule has 0 aliphatic heterocycles. The van der Waals surface area contributed by atoms with Crippen molar-refractivity contribution in [2.75, 3.05) is 13.2 Å². The summed E-state index contributed by atoms with van der Waals surface area (Å²) in [6, 6.07) is -0.547. The molecule has 0 aromatic heterocycles. The molecule has 0 saturated heterocycles. The first kappa shape index (κ1) is 67.9. The van der Waals surface area contributed by atoms with Crippen LogP contribution in [0.2, 0.25) is 0 Å². The molecule has 2 atom stereocenters. The van der Waals surface area contributed by atoms with Crippen LogP contribution in [0.15, 0.2) is 0 Å². The molecule has 0 aliphatic carbocycles. The van der Waals surface area contributed by atoms with E-state index >= 15 is 0 Å². The fraction of sp³-hybridized carbons (Fsp3) is 0.968. The molecule has 6 heteroatoms. The topological polar surface area (TPSA) is 95.9 Å². The minimum atomic E-state index is -0.670. The van der Waals surface area contributed by atoms with Gasteiger partial charge in [0.15, 0.2) is 0 Å². The Morgan fingerprint density at radius 3 is 0.884 bits per heavy atom. The lowest BCUT2D eigenvalue weighted by Crippen LogP contribution is -2.45. The van der Waals surface area contributed by atoms with Gasteiger partial charge in [0.2, 0.25) is 5.91 Å². The summed E-state index contributed by atoms with van der Waals surface area (Å²) < 4.78 is 5.49. The maximum Gasteiger partial charge on any atom is 0.305 e. The van der Waals surface area contributed by atoms with Crippen LogP contribution in [0.4, 0.5) is 0 Å². The number of hydrogen-bond acceptors (Lipinski definition) is 5. The van der Waals surface area contributed by atoms with Crippen molar-refractivity contribution in [1.82, 2.24) is 5.32 Å². The fourth-order valence-electron chi connectivity index (χ4n) is 10.3. The maximum absolute atomic E-state index is 12.5. The number of nitrogens with one attached hydrogen (secondary N) is 1. The molecule has 412 valence electrons. The van der Waals surface area contributed by atoms with Crippen LogP contribution >= 0.6 is 0 Å². The number of unbranched alkanes of at least 4 members (excludes halogenated alkanes) is 49. The molecule has 0 bridgehead atoms. The molecule has 0 rings (SSSR count). The molecule has 0 aromatic carbocycles. The Morgan fingerprint density at radius 1 is 0.348 bits per heavy atom. The van der Waals surface area contributed by atoms with E-state index in [4.69, 9.17) is 4.74 Å². The second-order valence-electron chi connectivity index (χ2n) is 22.1. The van der Waals surface area contributed by atoms with Crippen LogP contribution in [0.5, 0.6) is 0 Å². The van der Waals surface area contributed by atoms with Gasteiger partial charge in [0.05, 0.1) is 25.4 Å². The number of aliphatic hydroxyl groups excluding tert-OH is 2. The van der Waals surface area contributed by atoms with Crippen molar-refractivity contribution >= 4 is 11.9 Å². The summed E-state index contributed by atoms with van der Waals surface area (Å²) in [5.74, 6) is -0.0325. The maximum atomic E-state index is 12.5. The van der Waals surface area contributed by atoms with Crippen LogP contribution in [0.3, 0.4) is 0 Å². The van der Waals surface area contributed by atoms with Gasteiger partial charge >= 0.3 is 5.97 Å². The number of carbonyl (C=O) groups is 2. The van der Waals surface area contributed by atoms with E-state index in [0.717, 1.165) is 44.9 Å². The highest BCUT2D eigenvalue weighted by molar-refractivity contribution is 5.76. The first-order valence-corrected chi connectivity index (χ1v) is 31.8. The van der Waals surface area contributed by atoms with Gasteiger partial charge in [0.25, 0.3) is 0 Å². The van der Waals surface area contributed by atoms with Crippen LogP contribution in [-0.4, -0.2) is 47.4 Å². The summed E-state index contributed by atoms with van der Waals surface area (Å²) in [6.45, 7) is 4.98. The lowest BCUT2D eigenvalue weighted by molar-refractivity contribution is -0.143. The van der Waals surface area contributed by atoms with Crippen molar-refractivity contribution in [3.05, 3.63) is 0 Å². The van der Waals surface area contributed by atoms with Crippen molar-refractivity contribution < 1.29 is 24.5 Å². The van der Waals surface area contributed by atoms with E-state index in [2.05, 4.69) is 19.2 Å². The number of ether oxygens (including phenoxy) is 1. The van der Waals surface area contributed by atoms with E-state index in [1.807, 2.05) is 0 Å². The second kappa shape index (κ2) is 59.4. The van der Waals surface area contributed by atoms with E-state index in [0.29, 0.717) is 25.9 Å². The van der Waals surface area contributed by atoms with Gasteiger partial charge < -0.3 is 20.3 Å². The molecule has 0 spiro atoms. The van der Waals surface area contributed by atoms with Crippen LogP contribution in [0, 0.1) is 0 Å². The van der Waals surface area contributed by atoms with E-state index in [9.17, 15) is 19.8 Å². The summed E-state index contributed by atoms with van der Waals surface area (Å²) in [5, 5.41) is 23.4. The zero-order chi connectivity index (χ0) is 50.0. The largest absolute Gasteiger partial charge is 0.466 e. The Hall–Kier alpha value is -1.14. The number of carbonyl (C=O) groups excluding carboxylic acids is 2. The standard InChI is InChI=1S/C63H125NO5/c1-3-5-7-9-11-13-15-17-19-21-22-23-25-27-31-35-39-43-47-51-55-61(66)60(59-65)64-62(67)56-52-48-44-40-36-32-28-26-30-34-38-42-46-50-54-58-69-63(68)57-53-49-45-41-37-33-29-24-20-18-16-14-12-10-8-6-4-2/h60-61,65-66H,3-59H2,1-2H3,(H,64,67). The highest BCUT2D eigenvalue weighted by Crippen LogP contribution is 2.19. The lowest BCUT2D eigenvalue weighted by atomic mass is 10.0. The third-order valence-corrected chi connectivity index (χ3v) is 15.2. The molecular weight excluding hydrogens is 851 g/mol. The van der Waals surface area contributed by atoms with Crippen molar-refractivity contribution in [3.8, 4) is 0 Å². The number of rotatable bonds is 60. The molecule has 0 aromatic rings. The van der Waals surface area contributed by atoms with Gasteiger partial charge in [-0.25, -0.2) is 0 Å². The van der Waals surface area contributed by atoms with Gasteiger partial charge in [-0.3, -0.25) is 9.59 Å². The molecule has 3 N–H and O–H groups in total. The first-order valence-electron chi connectivity index (χ1n) is 31.8. The third-order valence-electron chi connectivity index (χ3n) is 15.2. The Balaban J connectivity index is 3.40. The number of hydrogen-bond donors (Lipinski definition) is 3. The van der Waals surface area contributed by atoms with Gasteiger partial charge in [-0.05, 0) is 25.7 Å². The van der Waals surface area contributed by atoms with Crippen molar-refractivity contribution in [3.63, 3.8) is 0 Å². The molecule has 0 aliphatic rings. The fourth-order valence-corrected chi connectivity index (χ4v) is 10.3.